The molecule has 3 rings (SSSR count). The Morgan fingerprint density at radius 1 is 1.17 bits per heavy atom. The Kier molecular flexibility index (Phi) is 4.56. The number of carbonyl (C=O) groups excluding carboxylic acids is 1. The summed E-state index contributed by atoms with van der Waals surface area (Å²) in [6, 6.07) is 14.7. The predicted octanol–water partition coefficient (Wildman–Crippen LogP) is 3.70. The summed E-state index contributed by atoms with van der Waals surface area (Å²) in [5.41, 5.74) is 2.81. The molecule has 1 N–H and O–H groups in total. The highest BCUT2D eigenvalue weighted by atomic mass is 16.6. The van der Waals surface area contributed by atoms with Crippen LogP contribution in [0.2, 0.25) is 0 Å². The van der Waals surface area contributed by atoms with E-state index >= 15 is 0 Å². The largest absolute Gasteiger partial charge is 0.494 e. The van der Waals surface area contributed by atoms with Gasteiger partial charge in [0.1, 0.15) is 5.75 Å². The monoisotopic (exact) mass is 323 g/mol. The fourth-order valence-electron chi connectivity index (χ4n) is 2.30. The molecule has 122 valence electrons. The van der Waals surface area contributed by atoms with Crippen LogP contribution in [0.15, 0.2) is 53.2 Å². The van der Waals surface area contributed by atoms with E-state index in [1.165, 1.54) is 0 Å². The summed E-state index contributed by atoms with van der Waals surface area (Å²) in [5.74, 6) is 0.787. The first-order chi connectivity index (χ1) is 11.7. The number of rotatable bonds is 5. The zero-order chi connectivity index (χ0) is 16.9. The lowest BCUT2D eigenvalue weighted by atomic mass is 10.1. The molecule has 24 heavy (non-hydrogen) atoms. The average Bonchev–Trinajstić information content (AvgIpc) is 3.04. The second-order valence-corrected chi connectivity index (χ2v) is 5.24. The number of anilines is 1. The molecule has 0 atom stereocenters. The van der Waals surface area contributed by atoms with Gasteiger partial charge in [0.05, 0.1) is 6.61 Å². The molecule has 0 fully saturated rings. The van der Waals surface area contributed by atoms with Gasteiger partial charge in [0.25, 0.3) is 5.91 Å². The van der Waals surface area contributed by atoms with Crippen molar-refractivity contribution in [1.82, 2.24) is 10.3 Å². The van der Waals surface area contributed by atoms with Crippen LogP contribution in [0.5, 0.6) is 5.75 Å². The van der Waals surface area contributed by atoms with Gasteiger partial charge in [-0.25, -0.2) is 4.63 Å². The van der Waals surface area contributed by atoms with E-state index in [1.54, 1.807) is 12.1 Å². The van der Waals surface area contributed by atoms with Gasteiger partial charge in [0, 0.05) is 11.1 Å². The lowest BCUT2D eigenvalue weighted by Crippen LogP contribution is -2.12. The number of ether oxygens (including phenoxy) is 1. The third-order valence-electron chi connectivity index (χ3n) is 3.44. The van der Waals surface area contributed by atoms with Gasteiger partial charge >= 0.3 is 0 Å². The van der Waals surface area contributed by atoms with Crippen LogP contribution in [0.1, 0.15) is 22.8 Å². The van der Waals surface area contributed by atoms with Crippen molar-refractivity contribution in [1.29, 1.82) is 0 Å². The summed E-state index contributed by atoms with van der Waals surface area (Å²) < 4.78 is 10.2. The number of nitrogens with zero attached hydrogens (tertiary/aromatic N) is 2. The minimum atomic E-state index is -0.262. The Bertz CT molecular complexity index is 841. The summed E-state index contributed by atoms with van der Waals surface area (Å²) in [6.45, 7) is 4.46. The number of carbonyl (C=O) groups is 1. The molecule has 1 heterocycles. The second kappa shape index (κ2) is 6.95. The topological polar surface area (TPSA) is 77.2 Å². The number of aryl methyl sites for hydroxylation is 1. The van der Waals surface area contributed by atoms with Crippen molar-refractivity contribution in [2.75, 3.05) is 11.9 Å². The smallest absolute Gasteiger partial charge is 0.256 e. The van der Waals surface area contributed by atoms with Gasteiger partial charge in [-0.15, -0.1) is 0 Å². The SMILES string of the molecule is CCOc1ccc(-c2nonc2NC(=O)c2cccc(C)c2)cc1. The highest BCUT2D eigenvalue weighted by Gasteiger charge is 2.16. The van der Waals surface area contributed by atoms with Gasteiger partial charge in [-0.05, 0) is 60.6 Å². The average molecular weight is 323 g/mol. The van der Waals surface area contributed by atoms with E-state index in [1.807, 2.05) is 50.2 Å². The lowest BCUT2D eigenvalue weighted by Gasteiger charge is -2.05. The molecule has 2 aromatic carbocycles. The van der Waals surface area contributed by atoms with E-state index in [4.69, 9.17) is 9.37 Å². The van der Waals surface area contributed by atoms with Gasteiger partial charge < -0.3 is 10.1 Å². The molecule has 6 nitrogen and oxygen atoms in total. The molecule has 0 saturated heterocycles. The molecular weight excluding hydrogens is 306 g/mol. The zero-order valence-corrected chi connectivity index (χ0v) is 13.4. The summed E-state index contributed by atoms with van der Waals surface area (Å²) in [4.78, 5) is 12.3. The Hall–Kier alpha value is -3.15. The van der Waals surface area contributed by atoms with E-state index in [9.17, 15) is 4.79 Å². The zero-order valence-electron chi connectivity index (χ0n) is 13.4. The molecule has 1 aromatic heterocycles. The van der Waals surface area contributed by atoms with Gasteiger partial charge in [-0.1, -0.05) is 17.7 Å². The quantitative estimate of drug-likeness (QED) is 0.774. The van der Waals surface area contributed by atoms with Crippen molar-refractivity contribution >= 4 is 11.7 Å². The summed E-state index contributed by atoms with van der Waals surface area (Å²) in [7, 11) is 0. The lowest BCUT2D eigenvalue weighted by molar-refractivity contribution is 0.102. The Morgan fingerprint density at radius 2 is 1.96 bits per heavy atom. The van der Waals surface area contributed by atoms with Crippen LogP contribution in [0.4, 0.5) is 5.82 Å². The first-order valence-corrected chi connectivity index (χ1v) is 7.61. The van der Waals surface area contributed by atoms with Crippen LogP contribution >= 0.6 is 0 Å². The molecule has 3 aromatic rings. The van der Waals surface area contributed by atoms with E-state index in [2.05, 4.69) is 15.6 Å². The number of nitrogens with one attached hydrogen (secondary N) is 1. The van der Waals surface area contributed by atoms with Crippen molar-refractivity contribution in [3.8, 4) is 17.0 Å². The third-order valence-corrected chi connectivity index (χ3v) is 3.44. The number of aromatic nitrogens is 2. The molecule has 0 radical (unpaired) electrons. The van der Waals surface area contributed by atoms with E-state index in [0.29, 0.717) is 17.9 Å². The van der Waals surface area contributed by atoms with Crippen LogP contribution < -0.4 is 10.1 Å². The van der Waals surface area contributed by atoms with E-state index in [-0.39, 0.29) is 11.7 Å². The van der Waals surface area contributed by atoms with Gasteiger partial charge in [0.15, 0.2) is 5.69 Å². The molecular formula is C18H17N3O3. The van der Waals surface area contributed by atoms with E-state index in [0.717, 1.165) is 16.9 Å². The standard InChI is InChI=1S/C18H17N3O3/c1-3-23-15-9-7-13(8-10-15)16-17(21-24-20-16)19-18(22)14-6-4-5-12(2)11-14/h4-11H,3H2,1-2H3,(H,19,21,22). The Labute approximate surface area is 139 Å². The van der Waals surface area contributed by atoms with Crippen molar-refractivity contribution in [3.63, 3.8) is 0 Å². The van der Waals surface area contributed by atoms with Crippen molar-refractivity contribution < 1.29 is 14.2 Å². The van der Waals surface area contributed by atoms with Crippen molar-refractivity contribution in [3.05, 3.63) is 59.7 Å². The Balaban J connectivity index is 1.81. The van der Waals surface area contributed by atoms with Crippen LogP contribution in [-0.4, -0.2) is 22.8 Å². The molecule has 0 saturated carbocycles. The van der Waals surface area contributed by atoms with Crippen molar-refractivity contribution in [2.24, 2.45) is 0 Å². The van der Waals surface area contributed by atoms with Crippen LogP contribution in [0, 0.1) is 6.92 Å². The normalized spacial score (nSPS) is 10.4. The van der Waals surface area contributed by atoms with Gasteiger partial charge in [0.2, 0.25) is 5.82 Å². The van der Waals surface area contributed by atoms with Crippen LogP contribution in [0.3, 0.4) is 0 Å². The highest BCUT2D eigenvalue weighted by Crippen LogP contribution is 2.26. The third kappa shape index (κ3) is 3.43. The maximum atomic E-state index is 12.3. The van der Waals surface area contributed by atoms with Crippen LogP contribution in [-0.2, 0) is 0 Å². The first-order valence-electron chi connectivity index (χ1n) is 7.61. The summed E-state index contributed by atoms with van der Waals surface area (Å²) in [6.07, 6.45) is 0. The first kappa shape index (κ1) is 15.7. The number of hydrogen-bond acceptors (Lipinski definition) is 5. The fourth-order valence-corrected chi connectivity index (χ4v) is 2.30. The molecule has 0 bridgehead atoms. The van der Waals surface area contributed by atoms with Crippen molar-refractivity contribution in [2.45, 2.75) is 13.8 Å². The molecule has 0 aliphatic carbocycles. The second-order valence-electron chi connectivity index (χ2n) is 5.24. The maximum Gasteiger partial charge on any atom is 0.256 e. The number of hydrogen-bond donors (Lipinski definition) is 1. The minimum Gasteiger partial charge on any atom is -0.494 e. The molecule has 6 heteroatoms. The molecule has 1 amide bonds. The van der Waals surface area contributed by atoms with Gasteiger partial charge in [-0.3, -0.25) is 4.79 Å². The fraction of sp³-hybridized carbons (Fsp3) is 0.167. The number of amides is 1. The predicted molar refractivity (Wildman–Crippen MR) is 90.0 cm³/mol. The molecule has 0 spiro atoms. The summed E-state index contributed by atoms with van der Waals surface area (Å²) in [5, 5.41) is 10.4. The van der Waals surface area contributed by atoms with Crippen LogP contribution in [0.25, 0.3) is 11.3 Å². The molecule has 0 aliphatic heterocycles. The molecule has 0 unspecified atom stereocenters. The Morgan fingerprint density at radius 3 is 2.67 bits per heavy atom. The number of benzene rings is 2. The minimum absolute atomic E-state index is 0.262. The highest BCUT2D eigenvalue weighted by molar-refractivity contribution is 6.05. The maximum absolute atomic E-state index is 12.3. The van der Waals surface area contributed by atoms with Gasteiger partial charge in [-0.2, -0.15) is 0 Å². The van der Waals surface area contributed by atoms with E-state index < -0.39 is 0 Å². The summed E-state index contributed by atoms with van der Waals surface area (Å²) >= 11 is 0. The molecule has 0 aliphatic rings.